The second-order valence-electron chi connectivity index (χ2n) is 7.51. The molecule has 2 heterocycles. The molecule has 8 heteroatoms. The lowest BCUT2D eigenvalue weighted by Crippen LogP contribution is -2.37. The molecule has 2 aliphatic heterocycles. The monoisotopic (exact) mass is 432 g/mol. The fraction of sp³-hybridized carbons (Fsp3) is 0.333. The Kier molecular flexibility index (Phi) is 5.48. The maximum absolute atomic E-state index is 13.2. The Morgan fingerprint density at radius 1 is 1.10 bits per heavy atom. The number of sulfone groups is 1. The molecular formula is C21H21FN2O3S2. The predicted octanol–water partition coefficient (Wildman–Crippen LogP) is 2.97. The Labute approximate surface area is 173 Å². The second-order valence-corrected chi connectivity index (χ2v) is 10.9. The Morgan fingerprint density at radius 3 is 2.45 bits per heavy atom. The number of benzene rings is 2. The van der Waals surface area contributed by atoms with Gasteiger partial charge in [-0.25, -0.2) is 12.8 Å². The summed E-state index contributed by atoms with van der Waals surface area (Å²) in [6.07, 6.45) is 0.197. The van der Waals surface area contributed by atoms with Gasteiger partial charge in [0.2, 0.25) is 0 Å². The predicted molar refractivity (Wildman–Crippen MR) is 113 cm³/mol. The zero-order valence-electron chi connectivity index (χ0n) is 15.9. The number of nitrogens with zero attached hydrogens (tertiary/aromatic N) is 2. The van der Waals surface area contributed by atoms with Crippen molar-refractivity contribution in [3.8, 4) is 0 Å². The summed E-state index contributed by atoms with van der Waals surface area (Å²) in [4.78, 5) is 18.8. The summed E-state index contributed by atoms with van der Waals surface area (Å²) in [5.41, 5.74) is 2.86. The number of hydrogen-bond acceptors (Lipinski definition) is 4. The molecule has 0 N–H and O–H groups in total. The molecule has 0 bridgehead atoms. The van der Waals surface area contributed by atoms with E-state index in [1.54, 1.807) is 12.1 Å². The number of hydrogen-bond donors (Lipinski definition) is 0. The van der Waals surface area contributed by atoms with E-state index in [1.165, 1.54) is 23.9 Å². The molecular weight excluding hydrogens is 411 g/mol. The number of halogens is 1. The van der Waals surface area contributed by atoms with E-state index in [-0.39, 0.29) is 40.9 Å². The highest BCUT2D eigenvalue weighted by atomic mass is 32.2. The van der Waals surface area contributed by atoms with E-state index in [0.717, 1.165) is 16.7 Å². The Morgan fingerprint density at radius 2 is 1.76 bits per heavy atom. The highest BCUT2D eigenvalue weighted by Gasteiger charge is 2.48. The zero-order valence-corrected chi connectivity index (χ0v) is 17.5. The smallest absolute Gasteiger partial charge is 0.252 e. The van der Waals surface area contributed by atoms with Crippen molar-refractivity contribution in [2.45, 2.75) is 31.2 Å². The molecule has 29 heavy (non-hydrogen) atoms. The van der Waals surface area contributed by atoms with E-state index in [0.29, 0.717) is 11.7 Å². The van der Waals surface area contributed by atoms with Gasteiger partial charge in [0.05, 0.1) is 24.0 Å². The fourth-order valence-electron chi connectivity index (χ4n) is 3.63. The molecule has 0 radical (unpaired) electrons. The standard InChI is InChI=1S/C21H21FN2O3S2/c1-14-2-4-15(5-3-14)10-20(25)23-21-24(11-16-6-8-17(22)9-7-16)18-12-29(26,27)13-19(18)28-21/h2-9,18-19H,10-13H2,1H3/t18-,19-/m0/s1. The number of carbonyl (C=O) groups is 1. The molecule has 0 saturated carbocycles. The van der Waals surface area contributed by atoms with Crippen molar-refractivity contribution in [3.63, 3.8) is 0 Å². The van der Waals surface area contributed by atoms with Crippen molar-refractivity contribution in [1.29, 1.82) is 0 Å². The van der Waals surface area contributed by atoms with Gasteiger partial charge in [-0.15, -0.1) is 0 Å². The van der Waals surface area contributed by atoms with Gasteiger partial charge in [0, 0.05) is 11.8 Å². The van der Waals surface area contributed by atoms with E-state index < -0.39 is 9.84 Å². The lowest BCUT2D eigenvalue weighted by molar-refractivity contribution is -0.117. The average molecular weight is 433 g/mol. The zero-order chi connectivity index (χ0) is 20.6. The van der Waals surface area contributed by atoms with Gasteiger partial charge in [-0.2, -0.15) is 4.99 Å². The van der Waals surface area contributed by atoms with Crippen molar-refractivity contribution in [2.75, 3.05) is 11.5 Å². The summed E-state index contributed by atoms with van der Waals surface area (Å²) in [6.45, 7) is 2.38. The minimum atomic E-state index is -3.10. The lowest BCUT2D eigenvalue weighted by atomic mass is 10.1. The van der Waals surface area contributed by atoms with Crippen LogP contribution in [0.25, 0.3) is 0 Å². The maximum Gasteiger partial charge on any atom is 0.252 e. The minimum absolute atomic E-state index is 0.0526. The topological polar surface area (TPSA) is 66.8 Å². The Bertz CT molecular complexity index is 1050. The van der Waals surface area contributed by atoms with Crippen LogP contribution in [0.4, 0.5) is 4.39 Å². The van der Waals surface area contributed by atoms with Gasteiger partial charge >= 0.3 is 0 Å². The number of amides is 1. The first-order chi connectivity index (χ1) is 13.8. The van der Waals surface area contributed by atoms with E-state index in [1.807, 2.05) is 36.1 Å². The van der Waals surface area contributed by atoms with Crippen molar-refractivity contribution >= 4 is 32.7 Å². The van der Waals surface area contributed by atoms with Gasteiger partial charge < -0.3 is 4.90 Å². The Balaban J connectivity index is 1.56. The van der Waals surface area contributed by atoms with Crippen LogP contribution in [0.5, 0.6) is 0 Å². The highest BCUT2D eigenvalue weighted by Crippen LogP contribution is 2.39. The second kappa shape index (κ2) is 7.91. The van der Waals surface area contributed by atoms with Crippen LogP contribution in [0.15, 0.2) is 53.5 Å². The van der Waals surface area contributed by atoms with Crippen LogP contribution in [0.3, 0.4) is 0 Å². The van der Waals surface area contributed by atoms with E-state index in [2.05, 4.69) is 4.99 Å². The first kappa shape index (κ1) is 20.1. The molecule has 0 spiro atoms. The molecule has 0 aliphatic carbocycles. The summed E-state index contributed by atoms with van der Waals surface area (Å²) in [5, 5.41) is 0.419. The minimum Gasteiger partial charge on any atom is -0.342 e. The van der Waals surface area contributed by atoms with E-state index >= 15 is 0 Å². The van der Waals surface area contributed by atoms with Gasteiger partial charge in [-0.05, 0) is 30.2 Å². The number of carbonyl (C=O) groups excluding carboxylic acids is 1. The van der Waals surface area contributed by atoms with Gasteiger partial charge in [0.25, 0.3) is 5.91 Å². The van der Waals surface area contributed by atoms with Gasteiger partial charge in [-0.1, -0.05) is 53.7 Å². The fourth-order valence-corrected chi connectivity index (χ4v) is 7.60. The molecule has 2 aliphatic rings. The van der Waals surface area contributed by atoms with Crippen molar-refractivity contribution in [2.24, 2.45) is 4.99 Å². The van der Waals surface area contributed by atoms with Crippen LogP contribution in [0.2, 0.25) is 0 Å². The quantitative estimate of drug-likeness (QED) is 0.743. The average Bonchev–Trinajstić information content (AvgIpc) is 3.11. The number of aryl methyl sites for hydroxylation is 1. The third-order valence-corrected chi connectivity index (χ3v) is 8.38. The summed E-state index contributed by atoms with van der Waals surface area (Å²) in [5.74, 6) is -0.443. The van der Waals surface area contributed by atoms with Crippen LogP contribution in [-0.4, -0.2) is 47.2 Å². The number of thioether (sulfide) groups is 1. The largest absolute Gasteiger partial charge is 0.342 e. The van der Waals surface area contributed by atoms with Crippen LogP contribution in [0.1, 0.15) is 16.7 Å². The molecule has 2 atom stereocenters. The first-order valence-electron chi connectivity index (χ1n) is 9.34. The maximum atomic E-state index is 13.2. The van der Waals surface area contributed by atoms with Crippen LogP contribution in [0, 0.1) is 12.7 Å². The molecule has 5 nitrogen and oxygen atoms in total. The first-order valence-corrected chi connectivity index (χ1v) is 12.0. The molecule has 2 fully saturated rings. The summed E-state index contributed by atoms with van der Waals surface area (Å²) >= 11 is 1.36. The SMILES string of the molecule is Cc1ccc(CC(=O)N=C2S[C@H]3CS(=O)(=O)C[C@@H]3N2Cc2ccc(F)cc2)cc1. The number of amidine groups is 1. The molecule has 1 amide bonds. The highest BCUT2D eigenvalue weighted by molar-refractivity contribution is 8.15. The molecule has 0 aromatic heterocycles. The van der Waals surface area contributed by atoms with Gasteiger partial charge in [0.15, 0.2) is 15.0 Å². The number of fused-ring (bicyclic) bond motifs is 1. The molecule has 4 rings (SSSR count). The molecule has 2 saturated heterocycles. The third kappa shape index (κ3) is 4.70. The Hall–Kier alpha value is -2.19. The van der Waals surface area contributed by atoms with Crippen molar-refractivity contribution in [1.82, 2.24) is 4.90 Å². The van der Waals surface area contributed by atoms with Crippen LogP contribution < -0.4 is 0 Å². The lowest BCUT2D eigenvalue weighted by Gasteiger charge is -2.24. The number of rotatable bonds is 4. The van der Waals surface area contributed by atoms with E-state index in [4.69, 9.17) is 0 Å². The summed E-state index contributed by atoms with van der Waals surface area (Å²) in [6, 6.07) is 13.6. The molecule has 2 aromatic carbocycles. The van der Waals surface area contributed by atoms with Gasteiger partial charge in [-0.3, -0.25) is 4.79 Å². The normalized spacial score (nSPS) is 24.1. The third-order valence-electron chi connectivity index (χ3n) is 5.14. The van der Waals surface area contributed by atoms with Crippen LogP contribution in [-0.2, 0) is 27.6 Å². The molecule has 2 aromatic rings. The van der Waals surface area contributed by atoms with Crippen molar-refractivity contribution < 1.29 is 17.6 Å². The molecule has 0 unspecified atom stereocenters. The van der Waals surface area contributed by atoms with Crippen LogP contribution >= 0.6 is 11.8 Å². The van der Waals surface area contributed by atoms with Crippen molar-refractivity contribution in [3.05, 3.63) is 71.0 Å². The summed E-state index contributed by atoms with van der Waals surface area (Å²) in [7, 11) is -3.10. The molecule has 152 valence electrons. The van der Waals surface area contributed by atoms with E-state index in [9.17, 15) is 17.6 Å². The summed E-state index contributed by atoms with van der Waals surface area (Å²) < 4.78 is 37.4. The van der Waals surface area contributed by atoms with Gasteiger partial charge in [0.1, 0.15) is 5.82 Å². The number of aliphatic imine (C=N–C) groups is 1.